The van der Waals surface area contributed by atoms with Crippen LogP contribution in [0, 0.1) is 0 Å². The highest BCUT2D eigenvalue weighted by atomic mass is 16.7. The number of fused-ring (bicyclic) bond motifs is 3. The van der Waals surface area contributed by atoms with Crippen LogP contribution in [0.3, 0.4) is 0 Å². The summed E-state index contributed by atoms with van der Waals surface area (Å²) in [5, 5.41) is 12.7. The predicted octanol–water partition coefficient (Wildman–Crippen LogP) is 3.24. The number of hydrogen-bond acceptors (Lipinski definition) is 5. The summed E-state index contributed by atoms with van der Waals surface area (Å²) < 4.78 is 5.68. The Bertz CT molecular complexity index is 988. The zero-order valence-electron chi connectivity index (χ0n) is 15.7. The third kappa shape index (κ3) is 2.93. The normalized spacial score (nSPS) is 22.2. The molecule has 3 aliphatic rings. The van der Waals surface area contributed by atoms with Gasteiger partial charge in [-0.2, -0.15) is 0 Å². The minimum Gasteiger partial charge on any atom is -0.477 e. The molecule has 0 radical (unpaired) electrons. The van der Waals surface area contributed by atoms with Crippen LogP contribution in [0.15, 0.2) is 53.7 Å². The van der Waals surface area contributed by atoms with Gasteiger partial charge in [-0.25, -0.2) is 9.59 Å². The number of oxime groups is 1. The molecule has 1 unspecified atom stereocenters. The van der Waals surface area contributed by atoms with Gasteiger partial charge >= 0.3 is 12.1 Å². The largest absolute Gasteiger partial charge is 0.477 e. The van der Waals surface area contributed by atoms with Gasteiger partial charge in [0.2, 0.25) is 0 Å². The van der Waals surface area contributed by atoms with Crippen LogP contribution in [-0.4, -0.2) is 53.1 Å². The summed E-state index contributed by atoms with van der Waals surface area (Å²) >= 11 is 0. The van der Waals surface area contributed by atoms with Gasteiger partial charge in [0.05, 0.1) is 6.54 Å². The van der Waals surface area contributed by atoms with E-state index in [0.717, 1.165) is 11.1 Å². The lowest BCUT2D eigenvalue weighted by molar-refractivity contribution is -0.129. The van der Waals surface area contributed by atoms with Crippen molar-refractivity contribution in [2.24, 2.45) is 5.16 Å². The van der Waals surface area contributed by atoms with Crippen molar-refractivity contribution in [1.29, 1.82) is 0 Å². The molecule has 7 heteroatoms. The molecule has 1 aliphatic carbocycles. The highest BCUT2D eigenvalue weighted by Crippen LogP contribution is 2.44. The summed E-state index contributed by atoms with van der Waals surface area (Å²) in [5.74, 6) is -1.07. The zero-order chi connectivity index (χ0) is 20.0. The van der Waals surface area contributed by atoms with Crippen molar-refractivity contribution in [3.05, 3.63) is 59.7 Å². The third-order valence-electron chi connectivity index (χ3n) is 6.00. The Morgan fingerprint density at radius 2 is 1.79 bits per heavy atom. The predicted molar refractivity (Wildman–Crippen MR) is 105 cm³/mol. The van der Waals surface area contributed by atoms with Crippen LogP contribution in [0.4, 0.5) is 4.79 Å². The first-order valence-corrected chi connectivity index (χ1v) is 9.65. The first-order valence-electron chi connectivity index (χ1n) is 9.65. The topological polar surface area (TPSA) is 88.4 Å². The lowest BCUT2D eigenvalue weighted by Gasteiger charge is -2.22. The van der Waals surface area contributed by atoms with E-state index in [-0.39, 0.29) is 31.2 Å². The molecule has 1 amide bonds. The molecule has 2 heterocycles. The van der Waals surface area contributed by atoms with Gasteiger partial charge in [-0.3, -0.25) is 0 Å². The first kappa shape index (κ1) is 17.7. The van der Waals surface area contributed by atoms with Crippen molar-refractivity contribution >= 4 is 17.8 Å². The van der Waals surface area contributed by atoms with Gasteiger partial charge < -0.3 is 19.6 Å². The Morgan fingerprint density at radius 1 is 1.14 bits per heavy atom. The first-order chi connectivity index (χ1) is 14.1. The van der Waals surface area contributed by atoms with Crippen LogP contribution < -0.4 is 0 Å². The van der Waals surface area contributed by atoms with E-state index >= 15 is 0 Å². The van der Waals surface area contributed by atoms with Crippen LogP contribution in [0.5, 0.6) is 0 Å². The van der Waals surface area contributed by atoms with E-state index in [2.05, 4.69) is 29.4 Å². The fourth-order valence-corrected chi connectivity index (χ4v) is 4.54. The van der Waals surface area contributed by atoms with Gasteiger partial charge in [0.1, 0.15) is 6.61 Å². The summed E-state index contributed by atoms with van der Waals surface area (Å²) in [6.45, 7) is 0.997. The number of nitrogens with zero attached hydrogens (tertiary/aromatic N) is 2. The van der Waals surface area contributed by atoms with E-state index in [9.17, 15) is 9.59 Å². The third-order valence-corrected chi connectivity index (χ3v) is 6.00. The van der Waals surface area contributed by atoms with Gasteiger partial charge in [0, 0.05) is 25.3 Å². The Labute approximate surface area is 167 Å². The standard InChI is InChI=1S/C22H20N2O5/c25-20(26)19-11-22(29-23-19)9-10-24(13-22)21(27)28-12-18-16-7-3-1-5-14(16)15-6-2-4-8-17(15)18/h1-8,18H,9-13H2,(H,25,26). The Morgan fingerprint density at radius 3 is 2.41 bits per heavy atom. The van der Waals surface area contributed by atoms with Gasteiger partial charge in [0.25, 0.3) is 0 Å². The molecular weight excluding hydrogens is 372 g/mol. The summed E-state index contributed by atoms with van der Waals surface area (Å²) in [5.41, 5.74) is 3.96. The van der Waals surface area contributed by atoms with Crippen LogP contribution in [-0.2, 0) is 14.4 Å². The molecule has 5 rings (SSSR count). The van der Waals surface area contributed by atoms with Crippen molar-refractivity contribution in [3.63, 3.8) is 0 Å². The SMILES string of the molecule is O=C(O)C1=NOC2(CCN(C(=O)OCC3c4ccccc4-c4ccccc43)C2)C1. The molecule has 2 aromatic rings. The fraction of sp³-hybridized carbons (Fsp3) is 0.318. The second-order valence-electron chi connectivity index (χ2n) is 7.77. The number of carbonyl (C=O) groups is 2. The zero-order valence-corrected chi connectivity index (χ0v) is 15.7. The highest BCUT2D eigenvalue weighted by molar-refractivity contribution is 6.36. The smallest absolute Gasteiger partial charge is 0.409 e. The Hall–Kier alpha value is -3.35. The van der Waals surface area contributed by atoms with Crippen molar-refractivity contribution in [2.45, 2.75) is 24.4 Å². The molecule has 2 aromatic carbocycles. The van der Waals surface area contributed by atoms with Crippen molar-refractivity contribution in [1.82, 2.24) is 4.90 Å². The summed E-state index contributed by atoms with van der Waals surface area (Å²) in [7, 11) is 0. The molecule has 1 atom stereocenters. The molecule has 1 spiro atoms. The number of hydrogen-bond donors (Lipinski definition) is 1. The Balaban J connectivity index is 1.26. The second-order valence-corrected chi connectivity index (χ2v) is 7.77. The molecule has 1 fully saturated rings. The number of amides is 1. The maximum absolute atomic E-state index is 12.7. The molecule has 1 saturated heterocycles. The monoisotopic (exact) mass is 392 g/mol. The van der Waals surface area contributed by atoms with E-state index in [1.54, 1.807) is 4.90 Å². The number of carboxylic acid groups (broad SMARTS) is 1. The highest BCUT2D eigenvalue weighted by Gasteiger charge is 2.48. The molecule has 0 saturated carbocycles. The van der Waals surface area contributed by atoms with Gasteiger partial charge in [-0.05, 0) is 22.3 Å². The molecule has 0 aromatic heterocycles. The van der Waals surface area contributed by atoms with Crippen LogP contribution in [0.25, 0.3) is 11.1 Å². The number of likely N-dealkylation sites (tertiary alicyclic amines) is 1. The molecule has 29 heavy (non-hydrogen) atoms. The number of aliphatic carboxylic acids is 1. The van der Waals surface area contributed by atoms with Gasteiger partial charge in [0.15, 0.2) is 11.3 Å². The van der Waals surface area contributed by atoms with Crippen LogP contribution in [0.1, 0.15) is 29.9 Å². The van der Waals surface area contributed by atoms with Crippen molar-refractivity contribution in [2.75, 3.05) is 19.7 Å². The molecule has 148 valence electrons. The van der Waals surface area contributed by atoms with Gasteiger partial charge in [-0.15, -0.1) is 0 Å². The molecular formula is C22H20N2O5. The second kappa shape index (κ2) is 6.62. The van der Waals surface area contributed by atoms with Crippen molar-refractivity contribution < 1.29 is 24.3 Å². The minimum atomic E-state index is -1.08. The number of benzene rings is 2. The maximum atomic E-state index is 12.7. The average molecular weight is 392 g/mol. The van der Waals surface area contributed by atoms with E-state index in [0.29, 0.717) is 13.0 Å². The van der Waals surface area contributed by atoms with E-state index in [4.69, 9.17) is 14.7 Å². The van der Waals surface area contributed by atoms with E-state index in [1.165, 1.54) is 11.1 Å². The van der Waals surface area contributed by atoms with Crippen LogP contribution >= 0.6 is 0 Å². The summed E-state index contributed by atoms with van der Waals surface area (Å²) in [6.07, 6.45) is 0.337. The number of carboxylic acids is 1. The number of rotatable bonds is 3. The molecule has 0 bridgehead atoms. The lowest BCUT2D eigenvalue weighted by Crippen LogP contribution is -2.37. The van der Waals surface area contributed by atoms with E-state index in [1.807, 2.05) is 24.3 Å². The van der Waals surface area contributed by atoms with Gasteiger partial charge in [-0.1, -0.05) is 53.7 Å². The lowest BCUT2D eigenvalue weighted by atomic mass is 9.97. The quantitative estimate of drug-likeness (QED) is 0.866. The summed E-state index contributed by atoms with van der Waals surface area (Å²) in [6, 6.07) is 16.4. The molecule has 7 nitrogen and oxygen atoms in total. The molecule has 1 N–H and O–H groups in total. The van der Waals surface area contributed by atoms with Crippen LogP contribution in [0.2, 0.25) is 0 Å². The maximum Gasteiger partial charge on any atom is 0.409 e. The number of carbonyl (C=O) groups excluding carboxylic acids is 1. The summed E-state index contributed by atoms with van der Waals surface area (Å²) in [4.78, 5) is 30.7. The Kier molecular flexibility index (Phi) is 4.04. The molecule has 2 aliphatic heterocycles. The van der Waals surface area contributed by atoms with E-state index < -0.39 is 17.7 Å². The fourth-order valence-electron chi connectivity index (χ4n) is 4.54. The average Bonchev–Trinajstić information content (AvgIpc) is 3.43. The van der Waals surface area contributed by atoms with Crippen molar-refractivity contribution in [3.8, 4) is 11.1 Å². The minimum absolute atomic E-state index is 0.000568. The number of ether oxygens (including phenoxy) is 1.